The summed E-state index contributed by atoms with van der Waals surface area (Å²) in [6.07, 6.45) is 4.61. The van der Waals surface area contributed by atoms with Crippen LogP contribution in [0.15, 0.2) is 55.1 Å². The number of nitriles is 1. The third kappa shape index (κ3) is 5.27. The molecular weight excluding hydrogens is 526 g/mol. The van der Waals surface area contributed by atoms with Crippen molar-refractivity contribution in [2.75, 3.05) is 56.2 Å². The summed E-state index contributed by atoms with van der Waals surface area (Å²) >= 11 is 0. The second kappa shape index (κ2) is 11.6. The molecule has 2 atom stereocenters. The Kier molecular flexibility index (Phi) is 7.74. The fraction of sp³-hybridized carbons (Fsp3) is 0.455. The summed E-state index contributed by atoms with van der Waals surface area (Å²) in [5.74, 6) is 0.731. The lowest BCUT2D eigenvalue weighted by Gasteiger charge is -2.42. The number of carbonyl (C=O) groups is 1. The molecule has 0 bridgehead atoms. The quantitative estimate of drug-likeness (QED) is 0.395. The zero-order valence-electron chi connectivity index (χ0n) is 24.6. The van der Waals surface area contributed by atoms with Crippen LogP contribution in [-0.2, 0) is 17.8 Å². The topological polar surface area (TPSA) is 88.8 Å². The first-order valence-corrected chi connectivity index (χ1v) is 14.9. The number of nitrogens with zero attached hydrogens (tertiary/aromatic N) is 7. The number of aromatic nitrogens is 2. The number of fused-ring (bicyclic) bond motifs is 2. The van der Waals surface area contributed by atoms with Crippen LogP contribution in [-0.4, -0.2) is 83.6 Å². The summed E-state index contributed by atoms with van der Waals surface area (Å²) in [5.41, 5.74) is 3.25. The van der Waals surface area contributed by atoms with Gasteiger partial charge in [0, 0.05) is 42.8 Å². The third-order valence-electron chi connectivity index (χ3n) is 9.34. The number of rotatable bonds is 7. The number of amides is 1. The van der Waals surface area contributed by atoms with Gasteiger partial charge in [0.2, 0.25) is 5.91 Å². The number of ether oxygens (including phenoxy) is 1. The summed E-state index contributed by atoms with van der Waals surface area (Å²) in [7, 11) is 2.15. The number of piperazine rings is 1. The predicted molar refractivity (Wildman–Crippen MR) is 165 cm³/mol. The lowest BCUT2D eigenvalue weighted by Crippen LogP contribution is -2.55. The van der Waals surface area contributed by atoms with E-state index >= 15 is 0 Å². The number of anilines is 2. The molecular formula is C33H39N7O2. The minimum atomic E-state index is -0.231. The van der Waals surface area contributed by atoms with Crippen LogP contribution >= 0.6 is 0 Å². The first kappa shape index (κ1) is 28.0. The summed E-state index contributed by atoms with van der Waals surface area (Å²) in [6, 6.07) is 17.4. The zero-order valence-corrected chi connectivity index (χ0v) is 24.6. The van der Waals surface area contributed by atoms with Gasteiger partial charge >= 0.3 is 6.01 Å². The standard InChI is InChI=1S/C33H39N7O2/c1-4-30(41)40-20-19-39(21-25(40)13-16-34)31-27-14-18-38(29-12-7-10-24-9-5-6-11-26(24)29)22-28(27)35-32(36-31)42-23-33(2)15-8-17-37(33)3/h4-7,9-12,25H,1,8,13-15,17-23H2,2-3H3/t25?,33-/m0/s1. The van der Waals surface area contributed by atoms with Gasteiger partial charge in [-0.05, 0) is 57.3 Å². The maximum atomic E-state index is 12.5. The van der Waals surface area contributed by atoms with Crippen molar-refractivity contribution in [2.45, 2.75) is 50.7 Å². The van der Waals surface area contributed by atoms with Gasteiger partial charge in [-0.25, -0.2) is 0 Å². The molecule has 4 heterocycles. The van der Waals surface area contributed by atoms with Gasteiger partial charge in [0.05, 0.1) is 36.3 Å². The summed E-state index contributed by atoms with van der Waals surface area (Å²) in [6.45, 7) is 10.6. The first-order chi connectivity index (χ1) is 20.4. The molecule has 3 aromatic rings. The van der Waals surface area contributed by atoms with Crippen LogP contribution in [0.3, 0.4) is 0 Å². The van der Waals surface area contributed by atoms with Gasteiger partial charge in [0.1, 0.15) is 12.4 Å². The Balaban J connectivity index is 1.34. The van der Waals surface area contributed by atoms with Gasteiger partial charge in [-0.15, -0.1) is 0 Å². The van der Waals surface area contributed by atoms with E-state index in [4.69, 9.17) is 14.7 Å². The van der Waals surface area contributed by atoms with Gasteiger partial charge in [-0.2, -0.15) is 15.2 Å². The molecule has 0 spiro atoms. The van der Waals surface area contributed by atoms with E-state index in [1.54, 1.807) is 4.90 Å². The third-order valence-corrected chi connectivity index (χ3v) is 9.34. The SMILES string of the molecule is C=CC(=O)N1CCN(c2nc(OC[C@]3(C)CCCN3C)nc3c2CCN(c2cccc4ccccc24)C3)CC1CC#N. The Hall–Kier alpha value is -4.16. The van der Waals surface area contributed by atoms with Crippen molar-refractivity contribution in [1.82, 2.24) is 19.8 Å². The van der Waals surface area contributed by atoms with Crippen LogP contribution in [0.25, 0.3) is 10.8 Å². The largest absolute Gasteiger partial charge is 0.461 e. The van der Waals surface area contributed by atoms with Crippen molar-refractivity contribution in [2.24, 2.45) is 0 Å². The average Bonchev–Trinajstić information content (AvgIpc) is 3.36. The fourth-order valence-corrected chi connectivity index (χ4v) is 6.70. The van der Waals surface area contributed by atoms with Crippen LogP contribution in [0.5, 0.6) is 6.01 Å². The highest BCUT2D eigenvalue weighted by molar-refractivity contribution is 5.94. The van der Waals surface area contributed by atoms with Crippen molar-refractivity contribution in [3.8, 4) is 12.1 Å². The number of hydrogen-bond donors (Lipinski definition) is 0. The molecule has 2 aromatic carbocycles. The number of hydrogen-bond acceptors (Lipinski definition) is 8. The normalized spacial score (nSPS) is 22.6. The lowest BCUT2D eigenvalue weighted by molar-refractivity contribution is -0.128. The van der Waals surface area contributed by atoms with Crippen molar-refractivity contribution in [3.63, 3.8) is 0 Å². The highest BCUT2D eigenvalue weighted by atomic mass is 16.5. The molecule has 2 fully saturated rings. The molecule has 0 saturated carbocycles. The van der Waals surface area contributed by atoms with E-state index in [2.05, 4.69) is 83.8 Å². The summed E-state index contributed by atoms with van der Waals surface area (Å²) < 4.78 is 6.38. The van der Waals surface area contributed by atoms with Crippen LogP contribution in [0.1, 0.15) is 37.4 Å². The van der Waals surface area contributed by atoms with Crippen molar-refractivity contribution in [1.29, 1.82) is 5.26 Å². The van der Waals surface area contributed by atoms with Crippen LogP contribution in [0, 0.1) is 11.3 Å². The van der Waals surface area contributed by atoms with E-state index in [1.165, 1.54) is 22.5 Å². The summed E-state index contributed by atoms with van der Waals surface area (Å²) in [5, 5.41) is 12.0. The minimum Gasteiger partial charge on any atom is -0.461 e. The van der Waals surface area contributed by atoms with E-state index in [-0.39, 0.29) is 23.9 Å². The van der Waals surface area contributed by atoms with E-state index in [1.807, 2.05) is 0 Å². The van der Waals surface area contributed by atoms with E-state index in [0.717, 1.165) is 49.4 Å². The molecule has 2 saturated heterocycles. The number of likely N-dealkylation sites (N-methyl/N-ethyl adjacent to an activating group) is 1. The Bertz CT molecular complexity index is 1530. The van der Waals surface area contributed by atoms with Crippen molar-refractivity contribution in [3.05, 3.63) is 66.4 Å². The second-order valence-corrected chi connectivity index (χ2v) is 11.9. The smallest absolute Gasteiger partial charge is 0.318 e. The van der Waals surface area contributed by atoms with Gasteiger partial charge in [0.15, 0.2) is 0 Å². The van der Waals surface area contributed by atoms with Gasteiger partial charge in [-0.1, -0.05) is 43.0 Å². The average molecular weight is 566 g/mol. The molecule has 1 amide bonds. The number of benzene rings is 2. The molecule has 0 N–H and O–H groups in total. The summed E-state index contributed by atoms with van der Waals surface area (Å²) in [4.78, 5) is 31.3. The van der Waals surface area contributed by atoms with E-state index < -0.39 is 0 Å². The zero-order chi connectivity index (χ0) is 29.3. The maximum absolute atomic E-state index is 12.5. The highest BCUT2D eigenvalue weighted by Gasteiger charge is 2.36. The van der Waals surface area contributed by atoms with E-state index in [0.29, 0.717) is 38.8 Å². The molecule has 0 aliphatic carbocycles. The second-order valence-electron chi connectivity index (χ2n) is 11.9. The number of carbonyl (C=O) groups excluding carboxylic acids is 1. The highest BCUT2D eigenvalue weighted by Crippen LogP contribution is 2.35. The van der Waals surface area contributed by atoms with Crippen LogP contribution in [0.2, 0.25) is 0 Å². The molecule has 1 unspecified atom stereocenters. The Labute approximate surface area is 248 Å². The van der Waals surface area contributed by atoms with Crippen molar-refractivity contribution < 1.29 is 9.53 Å². The molecule has 3 aliphatic rings. The molecule has 6 rings (SSSR count). The van der Waals surface area contributed by atoms with E-state index in [9.17, 15) is 10.1 Å². The van der Waals surface area contributed by atoms with Gasteiger partial charge in [0.25, 0.3) is 0 Å². The van der Waals surface area contributed by atoms with Gasteiger partial charge in [-0.3, -0.25) is 9.69 Å². The van der Waals surface area contributed by atoms with Crippen LogP contribution < -0.4 is 14.5 Å². The monoisotopic (exact) mass is 565 g/mol. The Morgan fingerprint density at radius 2 is 1.98 bits per heavy atom. The Morgan fingerprint density at radius 3 is 2.76 bits per heavy atom. The lowest BCUT2D eigenvalue weighted by atomic mass is 10.0. The van der Waals surface area contributed by atoms with Crippen LogP contribution in [0.4, 0.5) is 11.5 Å². The molecule has 0 radical (unpaired) electrons. The maximum Gasteiger partial charge on any atom is 0.318 e. The first-order valence-electron chi connectivity index (χ1n) is 14.9. The fourth-order valence-electron chi connectivity index (χ4n) is 6.70. The molecule has 9 nitrogen and oxygen atoms in total. The predicted octanol–water partition coefficient (Wildman–Crippen LogP) is 4.17. The number of likely N-dealkylation sites (tertiary alicyclic amines) is 1. The van der Waals surface area contributed by atoms with Crippen molar-refractivity contribution >= 4 is 28.2 Å². The Morgan fingerprint density at radius 1 is 1.14 bits per heavy atom. The molecule has 42 heavy (non-hydrogen) atoms. The molecule has 3 aliphatic heterocycles. The molecule has 9 heteroatoms. The minimum absolute atomic E-state index is 0.0526. The van der Waals surface area contributed by atoms with Gasteiger partial charge < -0.3 is 19.4 Å². The molecule has 1 aromatic heterocycles. The molecule has 218 valence electrons.